The van der Waals surface area contributed by atoms with E-state index in [1.165, 1.54) is 11.1 Å². The molecule has 1 aromatic carbocycles. The third kappa shape index (κ3) is 6.44. The average Bonchev–Trinajstić information content (AvgIpc) is 2.73. The van der Waals surface area contributed by atoms with Gasteiger partial charge in [0, 0.05) is 45.2 Å². The maximum absolute atomic E-state index is 11.1. The Morgan fingerprint density at radius 2 is 1.97 bits per heavy atom. The molecule has 160 valence electrons. The lowest BCUT2D eigenvalue weighted by Crippen LogP contribution is -2.50. The highest BCUT2D eigenvalue weighted by atomic mass is 16.5. The van der Waals surface area contributed by atoms with Crippen LogP contribution in [0.25, 0.3) is 0 Å². The zero-order chi connectivity index (χ0) is 20.6. The molecule has 0 radical (unpaired) electrons. The molecule has 1 amide bonds. The highest BCUT2D eigenvalue weighted by molar-refractivity contribution is 5.80. The monoisotopic (exact) mass is 401 g/mol. The van der Waals surface area contributed by atoms with Gasteiger partial charge >= 0.3 is 0 Å². The molecule has 2 unspecified atom stereocenters. The molecule has 2 fully saturated rings. The minimum atomic E-state index is -0.258. The maximum Gasteiger partial charge on any atom is 0.231 e. The third-order valence-corrected chi connectivity index (χ3v) is 5.91. The molecule has 2 saturated heterocycles. The fourth-order valence-electron chi connectivity index (χ4n) is 4.25. The molecule has 7 heteroatoms. The van der Waals surface area contributed by atoms with Crippen LogP contribution >= 0.6 is 0 Å². The van der Waals surface area contributed by atoms with Crippen LogP contribution in [0.15, 0.2) is 29.3 Å². The van der Waals surface area contributed by atoms with Crippen LogP contribution in [0.4, 0.5) is 0 Å². The molecule has 0 saturated carbocycles. The number of benzene rings is 1. The Labute approximate surface area is 174 Å². The van der Waals surface area contributed by atoms with Crippen LogP contribution < -0.4 is 16.4 Å². The van der Waals surface area contributed by atoms with Crippen molar-refractivity contribution in [2.45, 2.75) is 44.8 Å². The van der Waals surface area contributed by atoms with E-state index < -0.39 is 0 Å². The molecule has 1 aromatic rings. The minimum Gasteiger partial charge on any atom is -0.373 e. The lowest BCUT2D eigenvalue weighted by molar-refractivity contribution is -0.119. The summed E-state index contributed by atoms with van der Waals surface area (Å²) in [7, 11) is 1.81. The van der Waals surface area contributed by atoms with Crippen LogP contribution in [0.1, 0.15) is 42.9 Å². The van der Waals surface area contributed by atoms with E-state index >= 15 is 0 Å². The number of nitrogens with zero attached hydrogens (tertiary/aromatic N) is 2. The van der Waals surface area contributed by atoms with Gasteiger partial charge in [0.1, 0.15) is 0 Å². The lowest BCUT2D eigenvalue weighted by Gasteiger charge is -2.34. The van der Waals surface area contributed by atoms with Gasteiger partial charge in [-0.2, -0.15) is 0 Å². The van der Waals surface area contributed by atoms with Gasteiger partial charge in [-0.1, -0.05) is 29.8 Å². The Hall–Kier alpha value is -2.12. The molecule has 0 aliphatic carbocycles. The quantitative estimate of drug-likeness (QED) is 0.497. The van der Waals surface area contributed by atoms with Crippen molar-refractivity contribution in [1.29, 1.82) is 0 Å². The fourth-order valence-corrected chi connectivity index (χ4v) is 4.25. The fraction of sp³-hybridized carbons (Fsp3) is 0.636. The standard InChI is InChI=1S/C22H35N5O2/c1-16-5-7-17(8-6-16)21-18(4-3-13-29-21)14-25-22(24-2)26-19-9-11-27(12-10-19)15-20(23)28/h5-8,18-19,21H,3-4,9-15H2,1-2H3,(H2,23,28)(H2,24,25,26). The number of nitrogens with one attached hydrogen (secondary N) is 2. The molecule has 2 aliphatic rings. The summed E-state index contributed by atoms with van der Waals surface area (Å²) < 4.78 is 6.13. The van der Waals surface area contributed by atoms with Crippen molar-refractivity contribution in [3.8, 4) is 0 Å². The van der Waals surface area contributed by atoms with Crippen LogP contribution in [-0.4, -0.2) is 62.6 Å². The normalized spacial score (nSPS) is 24.3. The number of piperidine rings is 1. The summed E-state index contributed by atoms with van der Waals surface area (Å²) in [6.45, 7) is 5.87. The first kappa shape index (κ1) is 21.6. The van der Waals surface area contributed by atoms with Gasteiger partial charge in [0.25, 0.3) is 0 Å². The molecule has 7 nitrogen and oxygen atoms in total. The number of likely N-dealkylation sites (tertiary alicyclic amines) is 1. The molecular formula is C22H35N5O2. The van der Waals surface area contributed by atoms with Crippen molar-refractivity contribution in [3.05, 3.63) is 35.4 Å². The van der Waals surface area contributed by atoms with Gasteiger partial charge in [-0.05, 0) is 38.2 Å². The van der Waals surface area contributed by atoms with Gasteiger partial charge in [0.05, 0.1) is 12.6 Å². The first-order chi connectivity index (χ1) is 14.0. The molecule has 3 rings (SSSR count). The van der Waals surface area contributed by atoms with E-state index in [0.29, 0.717) is 18.5 Å². The summed E-state index contributed by atoms with van der Waals surface area (Å²) in [6, 6.07) is 9.04. The van der Waals surface area contributed by atoms with Crippen molar-refractivity contribution in [1.82, 2.24) is 15.5 Å². The van der Waals surface area contributed by atoms with E-state index in [-0.39, 0.29) is 12.0 Å². The van der Waals surface area contributed by atoms with E-state index in [1.807, 2.05) is 7.05 Å². The van der Waals surface area contributed by atoms with Gasteiger partial charge in [0.2, 0.25) is 5.91 Å². The molecule has 29 heavy (non-hydrogen) atoms. The second kappa shape index (κ2) is 10.6. The number of ether oxygens (including phenoxy) is 1. The van der Waals surface area contributed by atoms with Crippen LogP contribution in [0.3, 0.4) is 0 Å². The van der Waals surface area contributed by atoms with Crippen molar-refractivity contribution in [2.24, 2.45) is 16.6 Å². The van der Waals surface area contributed by atoms with Gasteiger partial charge in [0.15, 0.2) is 5.96 Å². The molecule has 4 N–H and O–H groups in total. The van der Waals surface area contributed by atoms with Crippen molar-refractivity contribution < 1.29 is 9.53 Å². The molecule has 0 bridgehead atoms. The van der Waals surface area contributed by atoms with E-state index in [2.05, 4.69) is 51.7 Å². The number of nitrogens with two attached hydrogens (primary N) is 1. The van der Waals surface area contributed by atoms with Gasteiger partial charge < -0.3 is 21.1 Å². The Bertz CT molecular complexity index is 683. The number of amides is 1. The first-order valence-electron chi connectivity index (χ1n) is 10.7. The molecule has 0 aromatic heterocycles. The van der Waals surface area contributed by atoms with E-state index in [4.69, 9.17) is 10.5 Å². The number of carbonyl (C=O) groups excluding carboxylic acids is 1. The van der Waals surface area contributed by atoms with Gasteiger partial charge in [-0.25, -0.2) is 0 Å². The van der Waals surface area contributed by atoms with Crippen molar-refractivity contribution in [3.63, 3.8) is 0 Å². The Morgan fingerprint density at radius 1 is 1.24 bits per heavy atom. The third-order valence-electron chi connectivity index (χ3n) is 5.91. The molecule has 2 atom stereocenters. The molecular weight excluding hydrogens is 366 g/mol. The number of primary amides is 1. The van der Waals surface area contributed by atoms with Gasteiger partial charge in [-0.3, -0.25) is 14.7 Å². The maximum atomic E-state index is 11.1. The molecule has 0 spiro atoms. The number of hydrogen-bond acceptors (Lipinski definition) is 4. The van der Waals surface area contributed by atoms with Crippen LogP contribution in [0, 0.1) is 12.8 Å². The lowest BCUT2D eigenvalue weighted by atomic mass is 9.89. The summed E-state index contributed by atoms with van der Waals surface area (Å²) in [5, 5.41) is 7.05. The highest BCUT2D eigenvalue weighted by Crippen LogP contribution is 2.33. The summed E-state index contributed by atoms with van der Waals surface area (Å²) in [4.78, 5) is 17.6. The average molecular weight is 402 g/mol. The Morgan fingerprint density at radius 3 is 2.62 bits per heavy atom. The largest absolute Gasteiger partial charge is 0.373 e. The summed E-state index contributed by atoms with van der Waals surface area (Å²) in [5.74, 6) is 1.00. The topological polar surface area (TPSA) is 92.0 Å². The first-order valence-corrected chi connectivity index (χ1v) is 10.7. The predicted molar refractivity (Wildman–Crippen MR) is 116 cm³/mol. The van der Waals surface area contributed by atoms with Crippen LogP contribution in [0.2, 0.25) is 0 Å². The minimum absolute atomic E-state index is 0.131. The van der Waals surface area contributed by atoms with E-state index in [9.17, 15) is 4.79 Å². The summed E-state index contributed by atoms with van der Waals surface area (Å²) in [6.07, 6.45) is 4.33. The zero-order valence-electron chi connectivity index (χ0n) is 17.7. The Kier molecular flexibility index (Phi) is 7.89. The van der Waals surface area contributed by atoms with Crippen LogP contribution in [-0.2, 0) is 9.53 Å². The van der Waals surface area contributed by atoms with Crippen molar-refractivity contribution >= 4 is 11.9 Å². The summed E-state index contributed by atoms with van der Waals surface area (Å²) in [5.41, 5.74) is 7.82. The van der Waals surface area contributed by atoms with E-state index in [1.54, 1.807) is 0 Å². The molecule has 2 heterocycles. The summed E-state index contributed by atoms with van der Waals surface area (Å²) >= 11 is 0. The highest BCUT2D eigenvalue weighted by Gasteiger charge is 2.28. The number of rotatable bonds is 6. The molecule has 2 aliphatic heterocycles. The smallest absolute Gasteiger partial charge is 0.231 e. The van der Waals surface area contributed by atoms with Crippen molar-refractivity contribution in [2.75, 3.05) is 39.8 Å². The number of aliphatic imine (C=N–C) groups is 1. The van der Waals surface area contributed by atoms with Gasteiger partial charge in [-0.15, -0.1) is 0 Å². The number of hydrogen-bond donors (Lipinski definition) is 3. The second-order valence-corrected chi connectivity index (χ2v) is 8.22. The zero-order valence-corrected chi connectivity index (χ0v) is 17.7. The van der Waals surface area contributed by atoms with E-state index in [0.717, 1.165) is 57.9 Å². The Balaban J connectivity index is 1.49. The predicted octanol–water partition coefficient (Wildman–Crippen LogP) is 1.58. The van der Waals surface area contributed by atoms with Crippen LogP contribution in [0.5, 0.6) is 0 Å². The number of carbonyl (C=O) groups is 1. The second-order valence-electron chi connectivity index (χ2n) is 8.22. The number of guanidine groups is 1. The SMILES string of the molecule is CN=C(NCC1CCCOC1c1ccc(C)cc1)NC1CCN(CC(N)=O)CC1. The number of aryl methyl sites for hydroxylation is 1.